The zero-order chi connectivity index (χ0) is 13.8. The molecule has 2 nitrogen and oxygen atoms in total. The Kier molecular flexibility index (Phi) is 4.63. The molecular weight excluding hydrogens is 283 g/mol. The molecule has 0 aromatic heterocycles. The largest absolute Gasteiger partial charge is 0.612 e. The molecule has 2 rings (SSSR count). The van der Waals surface area contributed by atoms with Gasteiger partial charge in [0.05, 0.1) is 0 Å². The van der Waals surface area contributed by atoms with E-state index in [1.54, 1.807) is 30.5 Å². The summed E-state index contributed by atoms with van der Waals surface area (Å²) in [5.41, 5.74) is 0.453. The molecule has 2 aromatic carbocycles. The molecule has 0 aliphatic rings. The quantitative estimate of drug-likeness (QED) is 0.640. The van der Waals surface area contributed by atoms with Gasteiger partial charge in [0.2, 0.25) is 0 Å². The molecule has 98 valence electrons. The molecule has 2 aromatic rings. The molecule has 0 spiro atoms. The van der Waals surface area contributed by atoms with Gasteiger partial charge < -0.3 is 4.55 Å². The number of aldehydes is 1. The summed E-state index contributed by atoms with van der Waals surface area (Å²) in [7, 11) is 0. The standard InChI is InChI=1S/C14H11FO2S2/c1-19(17)13-6-4-12(5-7-13)18-14-8-11(15)3-2-10(14)9-16/h2-9H,1H3. The van der Waals surface area contributed by atoms with Crippen molar-refractivity contribution in [2.75, 3.05) is 6.26 Å². The molecule has 0 heterocycles. The van der Waals surface area contributed by atoms with E-state index < -0.39 is 11.2 Å². The van der Waals surface area contributed by atoms with E-state index in [-0.39, 0.29) is 5.82 Å². The van der Waals surface area contributed by atoms with Crippen molar-refractivity contribution in [2.24, 2.45) is 0 Å². The lowest BCUT2D eigenvalue weighted by molar-refractivity contribution is 0.112. The van der Waals surface area contributed by atoms with Gasteiger partial charge >= 0.3 is 0 Å². The van der Waals surface area contributed by atoms with Crippen LogP contribution in [0.2, 0.25) is 0 Å². The summed E-state index contributed by atoms with van der Waals surface area (Å²) in [6.45, 7) is 0. The van der Waals surface area contributed by atoms with Gasteiger partial charge in [-0.3, -0.25) is 4.79 Å². The summed E-state index contributed by atoms with van der Waals surface area (Å²) < 4.78 is 24.5. The molecule has 0 fully saturated rings. The molecule has 0 N–H and O–H groups in total. The predicted octanol–water partition coefficient (Wildman–Crippen LogP) is 3.53. The average molecular weight is 294 g/mol. The van der Waals surface area contributed by atoms with E-state index in [1.165, 1.54) is 30.0 Å². The van der Waals surface area contributed by atoms with Crippen LogP contribution < -0.4 is 0 Å². The van der Waals surface area contributed by atoms with E-state index in [0.29, 0.717) is 16.7 Å². The van der Waals surface area contributed by atoms with Crippen LogP contribution in [0, 0.1) is 5.82 Å². The summed E-state index contributed by atoms with van der Waals surface area (Å²) in [6, 6.07) is 11.2. The topological polar surface area (TPSA) is 40.1 Å². The summed E-state index contributed by atoms with van der Waals surface area (Å²) in [5, 5.41) is 0. The van der Waals surface area contributed by atoms with E-state index in [0.717, 1.165) is 9.79 Å². The van der Waals surface area contributed by atoms with Crippen LogP contribution in [0.3, 0.4) is 0 Å². The summed E-state index contributed by atoms with van der Waals surface area (Å²) in [5.74, 6) is -0.376. The van der Waals surface area contributed by atoms with Crippen molar-refractivity contribution in [1.29, 1.82) is 0 Å². The first-order valence-electron chi connectivity index (χ1n) is 5.46. The number of benzene rings is 2. The zero-order valence-corrected chi connectivity index (χ0v) is 11.8. The van der Waals surface area contributed by atoms with E-state index in [2.05, 4.69) is 0 Å². The van der Waals surface area contributed by atoms with Crippen molar-refractivity contribution in [3.63, 3.8) is 0 Å². The van der Waals surface area contributed by atoms with Gasteiger partial charge in [0, 0.05) is 15.4 Å². The van der Waals surface area contributed by atoms with Crippen LogP contribution in [0.25, 0.3) is 0 Å². The van der Waals surface area contributed by atoms with Crippen molar-refractivity contribution < 1.29 is 13.7 Å². The third kappa shape index (κ3) is 3.59. The Morgan fingerprint density at radius 3 is 2.47 bits per heavy atom. The third-order valence-electron chi connectivity index (χ3n) is 2.49. The molecule has 0 radical (unpaired) electrons. The highest BCUT2D eigenvalue weighted by molar-refractivity contribution is 7.99. The van der Waals surface area contributed by atoms with Crippen molar-refractivity contribution >= 4 is 29.2 Å². The lowest BCUT2D eigenvalue weighted by Crippen LogP contribution is -1.96. The Morgan fingerprint density at radius 2 is 1.89 bits per heavy atom. The van der Waals surface area contributed by atoms with Gasteiger partial charge in [0.25, 0.3) is 0 Å². The number of carbonyl (C=O) groups is 1. The highest BCUT2D eigenvalue weighted by atomic mass is 32.2. The normalized spacial score (nSPS) is 12.2. The van der Waals surface area contributed by atoms with Crippen LogP contribution in [0.4, 0.5) is 4.39 Å². The Balaban J connectivity index is 2.25. The first-order valence-corrected chi connectivity index (χ1v) is 7.83. The summed E-state index contributed by atoms with van der Waals surface area (Å²) in [4.78, 5) is 13.1. The molecule has 0 saturated heterocycles. The molecule has 19 heavy (non-hydrogen) atoms. The summed E-state index contributed by atoms with van der Waals surface area (Å²) in [6.07, 6.45) is 2.32. The van der Waals surface area contributed by atoms with Gasteiger partial charge in [-0.15, -0.1) is 0 Å². The first-order chi connectivity index (χ1) is 9.10. The predicted molar refractivity (Wildman–Crippen MR) is 74.7 cm³/mol. The molecule has 1 unspecified atom stereocenters. The molecule has 1 atom stereocenters. The number of halogens is 1. The monoisotopic (exact) mass is 294 g/mol. The van der Waals surface area contributed by atoms with Crippen LogP contribution in [0.1, 0.15) is 10.4 Å². The molecule has 0 amide bonds. The maximum absolute atomic E-state index is 13.2. The fourth-order valence-corrected chi connectivity index (χ4v) is 2.97. The highest BCUT2D eigenvalue weighted by Gasteiger charge is 2.07. The lowest BCUT2D eigenvalue weighted by Gasteiger charge is -2.07. The number of hydrogen-bond donors (Lipinski definition) is 0. The van der Waals surface area contributed by atoms with Crippen molar-refractivity contribution in [1.82, 2.24) is 0 Å². The number of rotatable bonds is 4. The third-order valence-corrected chi connectivity index (χ3v) is 4.50. The van der Waals surface area contributed by atoms with Gasteiger partial charge in [-0.2, -0.15) is 0 Å². The van der Waals surface area contributed by atoms with Gasteiger partial charge in [0.1, 0.15) is 12.1 Å². The highest BCUT2D eigenvalue weighted by Crippen LogP contribution is 2.31. The molecule has 5 heteroatoms. The van der Waals surface area contributed by atoms with Crippen molar-refractivity contribution in [2.45, 2.75) is 14.7 Å². The first kappa shape index (κ1) is 14.1. The second-order valence-corrected chi connectivity index (χ2v) is 6.32. The van der Waals surface area contributed by atoms with Crippen LogP contribution in [0.5, 0.6) is 0 Å². The average Bonchev–Trinajstić information content (AvgIpc) is 2.39. The fourth-order valence-electron chi connectivity index (χ4n) is 1.52. The molecule has 0 saturated carbocycles. The van der Waals surface area contributed by atoms with Crippen LogP contribution in [-0.2, 0) is 11.2 Å². The van der Waals surface area contributed by atoms with E-state index in [9.17, 15) is 13.7 Å². The molecular formula is C14H11FO2S2. The van der Waals surface area contributed by atoms with Gasteiger partial charge in [-0.25, -0.2) is 4.39 Å². The Morgan fingerprint density at radius 1 is 1.21 bits per heavy atom. The zero-order valence-electron chi connectivity index (χ0n) is 10.1. The van der Waals surface area contributed by atoms with Gasteiger partial charge in [-0.1, -0.05) is 11.8 Å². The van der Waals surface area contributed by atoms with E-state index in [4.69, 9.17) is 0 Å². The Hall–Kier alpha value is -1.30. The minimum absolute atomic E-state index is 0.376. The SMILES string of the molecule is C[S+]([O-])c1ccc(Sc2cc(F)ccc2C=O)cc1. The molecule has 0 aliphatic heterocycles. The van der Waals surface area contributed by atoms with Crippen LogP contribution in [0.15, 0.2) is 57.2 Å². The van der Waals surface area contributed by atoms with Gasteiger partial charge in [0.15, 0.2) is 11.2 Å². The minimum atomic E-state index is -1.02. The second-order valence-electron chi connectivity index (χ2n) is 3.83. The van der Waals surface area contributed by atoms with Crippen molar-refractivity contribution in [3.05, 3.63) is 53.8 Å². The Labute approximate surface area is 118 Å². The molecule has 0 aliphatic carbocycles. The van der Waals surface area contributed by atoms with Crippen molar-refractivity contribution in [3.8, 4) is 0 Å². The van der Waals surface area contributed by atoms with Gasteiger partial charge in [-0.05, 0) is 53.6 Å². The maximum atomic E-state index is 13.2. The minimum Gasteiger partial charge on any atom is -0.612 e. The maximum Gasteiger partial charge on any atom is 0.152 e. The number of carbonyl (C=O) groups excluding carboxylic acids is 1. The lowest BCUT2D eigenvalue weighted by atomic mass is 10.2. The smallest absolute Gasteiger partial charge is 0.152 e. The van der Waals surface area contributed by atoms with E-state index >= 15 is 0 Å². The fraction of sp³-hybridized carbons (Fsp3) is 0.0714. The van der Waals surface area contributed by atoms with E-state index in [1.807, 2.05) is 0 Å². The second kappa shape index (κ2) is 6.23. The summed E-state index contributed by atoms with van der Waals surface area (Å²) >= 11 is 0.284. The molecule has 0 bridgehead atoms. The number of hydrogen-bond acceptors (Lipinski definition) is 3. The van der Waals surface area contributed by atoms with Crippen LogP contribution >= 0.6 is 11.8 Å². The Bertz CT molecular complexity index is 582. The van der Waals surface area contributed by atoms with Crippen LogP contribution in [-0.4, -0.2) is 17.1 Å².